The van der Waals surface area contributed by atoms with E-state index in [4.69, 9.17) is 0 Å². The van der Waals surface area contributed by atoms with Crippen molar-refractivity contribution in [1.82, 2.24) is 14.7 Å². The van der Waals surface area contributed by atoms with Gasteiger partial charge in [0, 0.05) is 17.5 Å². The molecule has 21 heavy (non-hydrogen) atoms. The predicted octanol–water partition coefficient (Wildman–Crippen LogP) is 1.80. The first kappa shape index (κ1) is 13.8. The molecule has 1 amide bonds. The third-order valence-corrected chi connectivity index (χ3v) is 3.83. The maximum Gasteiger partial charge on any atom is 0.244 e. The van der Waals surface area contributed by atoms with Gasteiger partial charge in [0.15, 0.2) is 0 Å². The van der Waals surface area contributed by atoms with Gasteiger partial charge in [0.2, 0.25) is 11.3 Å². The zero-order valence-electron chi connectivity index (χ0n) is 12.3. The van der Waals surface area contributed by atoms with E-state index >= 15 is 0 Å². The molecule has 1 saturated carbocycles. The van der Waals surface area contributed by atoms with E-state index in [0.29, 0.717) is 16.9 Å². The molecule has 0 unspecified atom stereocenters. The highest BCUT2D eigenvalue weighted by Crippen LogP contribution is 2.28. The van der Waals surface area contributed by atoms with Crippen LogP contribution in [0.15, 0.2) is 35.3 Å². The standard InChI is InChI=1S/C16H19N3O2/c1-11(2)19(12-7-8-12)16(21)10-18-14-6-4-3-5-13(14)15(20)9-17-18/h3-6,9,11-12H,7-8,10H2,1-2H3. The van der Waals surface area contributed by atoms with Crippen LogP contribution in [0.5, 0.6) is 0 Å². The molecular weight excluding hydrogens is 266 g/mol. The fourth-order valence-corrected chi connectivity index (χ4v) is 2.76. The lowest BCUT2D eigenvalue weighted by Crippen LogP contribution is -2.41. The van der Waals surface area contributed by atoms with Crippen LogP contribution in [-0.2, 0) is 11.3 Å². The number of hydrogen-bond donors (Lipinski definition) is 0. The lowest BCUT2D eigenvalue weighted by atomic mass is 10.2. The van der Waals surface area contributed by atoms with Crippen molar-refractivity contribution in [2.75, 3.05) is 0 Å². The van der Waals surface area contributed by atoms with Crippen LogP contribution in [0.4, 0.5) is 0 Å². The minimum Gasteiger partial charge on any atom is -0.336 e. The van der Waals surface area contributed by atoms with Crippen molar-refractivity contribution in [3.8, 4) is 0 Å². The third kappa shape index (κ3) is 2.68. The Labute approximate surface area is 123 Å². The summed E-state index contributed by atoms with van der Waals surface area (Å²) in [5.74, 6) is 0.0637. The number of carbonyl (C=O) groups is 1. The number of hydrogen-bond acceptors (Lipinski definition) is 3. The summed E-state index contributed by atoms with van der Waals surface area (Å²) in [7, 11) is 0. The zero-order valence-corrected chi connectivity index (χ0v) is 12.3. The number of nitrogens with zero attached hydrogens (tertiary/aromatic N) is 3. The maximum atomic E-state index is 12.6. The Kier molecular flexibility index (Phi) is 3.49. The molecule has 2 aromatic rings. The van der Waals surface area contributed by atoms with E-state index in [9.17, 15) is 9.59 Å². The topological polar surface area (TPSA) is 55.2 Å². The van der Waals surface area contributed by atoms with Crippen molar-refractivity contribution in [3.05, 3.63) is 40.7 Å². The lowest BCUT2D eigenvalue weighted by Gasteiger charge is -2.27. The van der Waals surface area contributed by atoms with Gasteiger partial charge in [0.05, 0.1) is 11.7 Å². The van der Waals surface area contributed by atoms with Crippen LogP contribution in [0.3, 0.4) is 0 Å². The van der Waals surface area contributed by atoms with Gasteiger partial charge in [-0.1, -0.05) is 12.1 Å². The van der Waals surface area contributed by atoms with Crippen LogP contribution >= 0.6 is 0 Å². The summed E-state index contributed by atoms with van der Waals surface area (Å²) in [5.41, 5.74) is 0.593. The highest BCUT2D eigenvalue weighted by Gasteiger charge is 2.34. The quantitative estimate of drug-likeness (QED) is 0.860. The van der Waals surface area contributed by atoms with E-state index in [-0.39, 0.29) is 23.9 Å². The van der Waals surface area contributed by atoms with Gasteiger partial charge in [-0.15, -0.1) is 0 Å². The second kappa shape index (κ2) is 5.31. The summed E-state index contributed by atoms with van der Waals surface area (Å²) in [4.78, 5) is 26.3. The van der Waals surface area contributed by atoms with Gasteiger partial charge in [-0.05, 0) is 38.8 Å². The molecule has 1 aromatic heterocycles. The maximum absolute atomic E-state index is 12.6. The van der Waals surface area contributed by atoms with E-state index in [0.717, 1.165) is 12.8 Å². The van der Waals surface area contributed by atoms with Crippen LogP contribution < -0.4 is 5.43 Å². The predicted molar refractivity (Wildman–Crippen MR) is 81.0 cm³/mol. The Morgan fingerprint density at radius 2 is 2.10 bits per heavy atom. The molecule has 5 nitrogen and oxygen atoms in total. The molecule has 1 heterocycles. The first-order chi connectivity index (χ1) is 10.1. The zero-order chi connectivity index (χ0) is 15.0. The van der Waals surface area contributed by atoms with Crippen molar-refractivity contribution in [2.45, 2.75) is 45.3 Å². The van der Waals surface area contributed by atoms with Gasteiger partial charge in [-0.3, -0.25) is 14.3 Å². The molecule has 1 aliphatic carbocycles. The van der Waals surface area contributed by atoms with Crippen LogP contribution in [0.1, 0.15) is 26.7 Å². The molecule has 0 saturated heterocycles. The summed E-state index contributed by atoms with van der Waals surface area (Å²) in [5, 5.41) is 4.72. The average molecular weight is 285 g/mol. The van der Waals surface area contributed by atoms with E-state index in [1.807, 2.05) is 36.9 Å². The number of carbonyl (C=O) groups excluding carboxylic acids is 1. The second-order valence-electron chi connectivity index (χ2n) is 5.81. The van der Waals surface area contributed by atoms with Gasteiger partial charge in [-0.2, -0.15) is 5.10 Å². The molecule has 3 rings (SSSR count). The third-order valence-electron chi connectivity index (χ3n) is 3.83. The number of benzene rings is 1. The second-order valence-corrected chi connectivity index (χ2v) is 5.81. The fraction of sp³-hybridized carbons (Fsp3) is 0.438. The molecule has 0 aliphatic heterocycles. The summed E-state index contributed by atoms with van der Waals surface area (Å²) >= 11 is 0. The molecule has 0 spiro atoms. The highest BCUT2D eigenvalue weighted by molar-refractivity contribution is 5.82. The van der Waals surface area contributed by atoms with Crippen molar-refractivity contribution in [2.24, 2.45) is 0 Å². The monoisotopic (exact) mass is 285 g/mol. The Balaban J connectivity index is 1.93. The first-order valence-corrected chi connectivity index (χ1v) is 7.34. The molecule has 0 bridgehead atoms. The van der Waals surface area contributed by atoms with Crippen molar-refractivity contribution >= 4 is 16.8 Å². The average Bonchev–Trinajstić information content (AvgIpc) is 3.27. The number of para-hydroxylation sites is 1. The number of rotatable bonds is 4. The SMILES string of the molecule is CC(C)N(C(=O)Cn1ncc(=O)c2ccccc21)C1CC1. The number of fused-ring (bicyclic) bond motifs is 1. The molecular formula is C16H19N3O2. The fourth-order valence-electron chi connectivity index (χ4n) is 2.76. The van der Waals surface area contributed by atoms with Gasteiger partial charge in [0.25, 0.3) is 0 Å². The molecule has 1 aliphatic rings. The van der Waals surface area contributed by atoms with E-state index in [1.54, 1.807) is 10.7 Å². The van der Waals surface area contributed by atoms with Crippen LogP contribution in [0.25, 0.3) is 10.9 Å². The summed E-state index contributed by atoms with van der Waals surface area (Å²) < 4.78 is 1.62. The van der Waals surface area contributed by atoms with E-state index in [1.165, 1.54) is 6.20 Å². The smallest absolute Gasteiger partial charge is 0.244 e. The molecule has 0 atom stereocenters. The first-order valence-electron chi connectivity index (χ1n) is 7.34. The molecule has 0 radical (unpaired) electrons. The lowest BCUT2D eigenvalue weighted by molar-refractivity contribution is -0.134. The Hall–Kier alpha value is -2.17. The molecule has 0 N–H and O–H groups in total. The van der Waals surface area contributed by atoms with E-state index < -0.39 is 0 Å². The van der Waals surface area contributed by atoms with Gasteiger partial charge >= 0.3 is 0 Å². The van der Waals surface area contributed by atoms with Crippen molar-refractivity contribution < 1.29 is 4.79 Å². The molecule has 5 heteroatoms. The minimum atomic E-state index is -0.114. The van der Waals surface area contributed by atoms with E-state index in [2.05, 4.69) is 5.10 Å². The Bertz CT molecular complexity index is 730. The summed E-state index contributed by atoms with van der Waals surface area (Å²) in [6.45, 7) is 4.25. The van der Waals surface area contributed by atoms with Crippen LogP contribution in [0.2, 0.25) is 0 Å². The number of aromatic nitrogens is 2. The van der Waals surface area contributed by atoms with Gasteiger partial charge in [0.1, 0.15) is 6.54 Å². The largest absolute Gasteiger partial charge is 0.336 e. The minimum absolute atomic E-state index is 0.0637. The van der Waals surface area contributed by atoms with Gasteiger partial charge < -0.3 is 4.90 Å². The van der Waals surface area contributed by atoms with Crippen molar-refractivity contribution in [1.29, 1.82) is 0 Å². The highest BCUT2D eigenvalue weighted by atomic mass is 16.2. The van der Waals surface area contributed by atoms with Crippen molar-refractivity contribution in [3.63, 3.8) is 0 Å². The summed E-state index contributed by atoms with van der Waals surface area (Å²) in [6, 6.07) is 7.83. The Morgan fingerprint density at radius 1 is 1.38 bits per heavy atom. The molecule has 1 fully saturated rings. The van der Waals surface area contributed by atoms with Crippen LogP contribution in [-0.4, -0.2) is 32.7 Å². The summed E-state index contributed by atoms with van der Waals surface area (Å²) in [6.07, 6.45) is 3.46. The van der Waals surface area contributed by atoms with Gasteiger partial charge in [-0.25, -0.2) is 0 Å². The van der Waals surface area contributed by atoms with Crippen LogP contribution in [0, 0.1) is 0 Å². The molecule has 110 valence electrons. The molecule has 1 aromatic carbocycles. The Morgan fingerprint density at radius 3 is 2.76 bits per heavy atom. The normalized spacial score (nSPS) is 14.6. The number of amides is 1.